The monoisotopic (exact) mass is 314 g/mol. The lowest BCUT2D eigenvalue weighted by Crippen LogP contribution is -2.34. The van der Waals surface area contributed by atoms with Crippen LogP contribution in [0, 0.1) is 0 Å². The molecule has 1 rings (SSSR count). The van der Waals surface area contributed by atoms with Crippen molar-refractivity contribution in [1.29, 1.82) is 0 Å². The van der Waals surface area contributed by atoms with Crippen LogP contribution in [-0.2, 0) is 10.2 Å². The molecule has 0 saturated heterocycles. The Morgan fingerprint density at radius 2 is 2.06 bits per heavy atom. The van der Waals surface area contributed by atoms with Crippen LogP contribution < -0.4 is 10.2 Å². The van der Waals surface area contributed by atoms with Crippen LogP contribution in [0.2, 0.25) is 0 Å². The van der Waals surface area contributed by atoms with Gasteiger partial charge in [-0.05, 0) is 15.9 Å². The van der Waals surface area contributed by atoms with Gasteiger partial charge in [-0.2, -0.15) is 0 Å². The molecule has 0 aliphatic heterocycles. The molecule has 1 amide bonds. The van der Waals surface area contributed by atoms with Crippen molar-refractivity contribution in [2.24, 2.45) is 0 Å². The third-order valence-electron chi connectivity index (χ3n) is 2.40. The molecular formula is C12H19BrN4O. The van der Waals surface area contributed by atoms with Crippen LogP contribution in [0.15, 0.2) is 10.7 Å². The zero-order valence-corrected chi connectivity index (χ0v) is 13.0. The Hall–Kier alpha value is -1.17. The highest BCUT2D eigenvalue weighted by Crippen LogP contribution is 2.23. The Balaban J connectivity index is 3.03. The van der Waals surface area contributed by atoms with Gasteiger partial charge in [0.05, 0.1) is 6.54 Å². The van der Waals surface area contributed by atoms with Gasteiger partial charge in [0.1, 0.15) is 16.2 Å². The van der Waals surface area contributed by atoms with Gasteiger partial charge in [0.2, 0.25) is 5.91 Å². The predicted molar refractivity (Wildman–Crippen MR) is 75.8 cm³/mol. The van der Waals surface area contributed by atoms with E-state index in [2.05, 4.69) is 52.0 Å². The maximum absolute atomic E-state index is 11.4. The molecule has 1 N–H and O–H groups in total. The summed E-state index contributed by atoms with van der Waals surface area (Å²) >= 11 is 3.38. The van der Waals surface area contributed by atoms with Gasteiger partial charge in [-0.15, -0.1) is 0 Å². The smallest absolute Gasteiger partial charge is 0.239 e. The van der Waals surface area contributed by atoms with Gasteiger partial charge in [0, 0.05) is 25.6 Å². The van der Waals surface area contributed by atoms with Gasteiger partial charge in [-0.1, -0.05) is 20.8 Å². The van der Waals surface area contributed by atoms with E-state index in [1.807, 2.05) is 7.05 Å². The summed E-state index contributed by atoms with van der Waals surface area (Å²) in [5.74, 6) is 1.42. The van der Waals surface area contributed by atoms with Crippen molar-refractivity contribution in [3.63, 3.8) is 0 Å². The summed E-state index contributed by atoms with van der Waals surface area (Å²) in [7, 11) is 3.45. The van der Waals surface area contributed by atoms with Gasteiger partial charge in [-0.3, -0.25) is 4.79 Å². The molecule has 0 aromatic carbocycles. The molecule has 6 heteroatoms. The fourth-order valence-corrected chi connectivity index (χ4v) is 1.68. The Morgan fingerprint density at radius 3 is 2.56 bits per heavy atom. The van der Waals surface area contributed by atoms with Crippen molar-refractivity contribution in [1.82, 2.24) is 15.3 Å². The topological polar surface area (TPSA) is 58.1 Å². The number of rotatable bonds is 3. The first-order valence-electron chi connectivity index (χ1n) is 5.71. The van der Waals surface area contributed by atoms with E-state index >= 15 is 0 Å². The average molecular weight is 315 g/mol. The first-order valence-corrected chi connectivity index (χ1v) is 6.50. The lowest BCUT2D eigenvalue weighted by molar-refractivity contribution is -0.119. The van der Waals surface area contributed by atoms with Crippen molar-refractivity contribution in [2.45, 2.75) is 26.2 Å². The molecule has 0 unspecified atom stereocenters. The van der Waals surface area contributed by atoms with Gasteiger partial charge in [0.15, 0.2) is 0 Å². The largest absolute Gasteiger partial charge is 0.358 e. The minimum absolute atomic E-state index is 0.0513. The van der Waals surface area contributed by atoms with Crippen molar-refractivity contribution < 1.29 is 4.79 Å². The van der Waals surface area contributed by atoms with Crippen LogP contribution in [0.1, 0.15) is 26.6 Å². The first kappa shape index (κ1) is 14.9. The number of nitrogens with one attached hydrogen (secondary N) is 1. The molecule has 1 aromatic heterocycles. The molecule has 0 radical (unpaired) electrons. The highest BCUT2D eigenvalue weighted by atomic mass is 79.9. The Morgan fingerprint density at radius 1 is 1.44 bits per heavy atom. The number of hydrogen-bond donors (Lipinski definition) is 1. The second kappa shape index (κ2) is 5.65. The van der Waals surface area contributed by atoms with Gasteiger partial charge in [-0.25, -0.2) is 9.97 Å². The SMILES string of the molecule is CNC(=O)CN(C)c1cc(Br)nc(C(C)(C)C)n1. The number of likely N-dealkylation sites (N-methyl/N-ethyl adjacent to an activating group) is 2. The minimum Gasteiger partial charge on any atom is -0.358 e. The number of hydrogen-bond acceptors (Lipinski definition) is 4. The summed E-state index contributed by atoms with van der Waals surface area (Å²) in [5, 5.41) is 2.59. The third-order valence-corrected chi connectivity index (χ3v) is 2.81. The van der Waals surface area contributed by atoms with Crippen molar-refractivity contribution in [3.05, 3.63) is 16.5 Å². The Bertz CT molecular complexity index is 442. The maximum Gasteiger partial charge on any atom is 0.239 e. The van der Waals surface area contributed by atoms with Crippen molar-refractivity contribution in [2.75, 3.05) is 25.5 Å². The quantitative estimate of drug-likeness (QED) is 0.863. The summed E-state index contributed by atoms with van der Waals surface area (Å²) in [6.45, 7) is 6.43. The summed E-state index contributed by atoms with van der Waals surface area (Å²) in [4.78, 5) is 22.0. The highest BCUT2D eigenvalue weighted by molar-refractivity contribution is 9.10. The van der Waals surface area contributed by atoms with Crippen LogP contribution in [0.4, 0.5) is 5.82 Å². The van der Waals surface area contributed by atoms with Crippen LogP contribution in [0.3, 0.4) is 0 Å². The number of aromatic nitrogens is 2. The van der Waals surface area contributed by atoms with Crippen LogP contribution in [-0.4, -0.2) is 36.5 Å². The van der Waals surface area contributed by atoms with E-state index in [-0.39, 0.29) is 17.9 Å². The van der Waals surface area contributed by atoms with E-state index < -0.39 is 0 Å². The molecule has 0 spiro atoms. The normalized spacial score (nSPS) is 11.2. The second-order valence-corrected chi connectivity index (χ2v) is 5.96. The standard InChI is InChI=1S/C12H19BrN4O/c1-12(2,3)11-15-8(13)6-9(16-11)17(5)7-10(18)14-4/h6H,7H2,1-5H3,(H,14,18). The predicted octanol–water partition coefficient (Wildman–Crippen LogP) is 1.72. The van der Waals surface area contributed by atoms with E-state index in [9.17, 15) is 4.79 Å². The number of carbonyl (C=O) groups is 1. The second-order valence-electron chi connectivity index (χ2n) is 5.15. The van der Waals surface area contributed by atoms with Crippen LogP contribution in [0.25, 0.3) is 0 Å². The minimum atomic E-state index is -0.133. The molecule has 5 nitrogen and oxygen atoms in total. The zero-order chi connectivity index (χ0) is 13.9. The molecule has 1 heterocycles. The number of carbonyl (C=O) groups excluding carboxylic acids is 1. The highest BCUT2D eigenvalue weighted by Gasteiger charge is 2.20. The molecule has 0 saturated carbocycles. The van der Waals surface area contributed by atoms with Crippen molar-refractivity contribution >= 4 is 27.7 Å². The van der Waals surface area contributed by atoms with E-state index in [0.29, 0.717) is 0 Å². The summed E-state index contributed by atoms with van der Waals surface area (Å²) < 4.78 is 0.723. The number of nitrogens with zero attached hydrogens (tertiary/aromatic N) is 3. The van der Waals surface area contributed by atoms with E-state index in [4.69, 9.17) is 0 Å². The Kier molecular flexibility index (Phi) is 4.67. The third kappa shape index (κ3) is 3.94. The summed E-state index contributed by atoms with van der Waals surface area (Å²) in [5.41, 5.74) is -0.133. The van der Waals surface area contributed by atoms with Crippen LogP contribution >= 0.6 is 15.9 Å². The van der Waals surface area contributed by atoms with Gasteiger partial charge in [0.25, 0.3) is 0 Å². The lowest BCUT2D eigenvalue weighted by atomic mass is 9.96. The molecule has 0 aliphatic rings. The fourth-order valence-electron chi connectivity index (χ4n) is 1.31. The van der Waals surface area contributed by atoms with E-state index in [0.717, 1.165) is 16.2 Å². The molecule has 0 fully saturated rings. The molecule has 18 heavy (non-hydrogen) atoms. The van der Waals surface area contributed by atoms with E-state index in [1.165, 1.54) is 0 Å². The number of anilines is 1. The summed E-state index contributed by atoms with van der Waals surface area (Å²) in [6.07, 6.45) is 0. The van der Waals surface area contributed by atoms with E-state index in [1.54, 1.807) is 18.0 Å². The molecule has 0 atom stereocenters. The zero-order valence-electron chi connectivity index (χ0n) is 11.4. The fraction of sp³-hybridized carbons (Fsp3) is 0.583. The first-order chi connectivity index (χ1) is 8.24. The number of amides is 1. The molecule has 0 aliphatic carbocycles. The Labute approximate surface area is 116 Å². The van der Waals surface area contributed by atoms with Gasteiger partial charge < -0.3 is 10.2 Å². The van der Waals surface area contributed by atoms with Crippen LogP contribution in [0.5, 0.6) is 0 Å². The number of halogens is 1. The van der Waals surface area contributed by atoms with Crippen molar-refractivity contribution in [3.8, 4) is 0 Å². The molecular weight excluding hydrogens is 296 g/mol. The molecule has 100 valence electrons. The average Bonchev–Trinajstić information content (AvgIpc) is 2.26. The maximum atomic E-state index is 11.4. The molecule has 1 aromatic rings. The molecule has 0 bridgehead atoms. The lowest BCUT2D eigenvalue weighted by Gasteiger charge is -2.22. The summed E-state index contributed by atoms with van der Waals surface area (Å²) in [6, 6.07) is 1.80. The van der Waals surface area contributed by atoms with Gasteiger partial charge >= 0.3 is 0 Å².